The third-order valence-electron chi connectivity index (χ3n) is 3.26. The highest BCUT2D eigenvalue weighted by Gasteiger charge is 2.13. The minimum atomic E-state index is 0. The maximum absolute atomic E-state index is 8.75. The van der Waals surface area contributed by atoms with Gasteiger partial charge in [0.25, 0.3) is 0 Å². The SMILES string of the molecule is CCNC(=NCCCC1CCCC1)NCCO.I. The number of aliphatic imine (C=N–C) groups is 1. The average Bonchev–Trinajstić information content (AvgIpc) is 2.84. The molecule has 0 saturated heterocycles. The molecule has 18 heavy (non-hydrogen) atoms. The summed E-state index contributed by atoms with van der Waals surface area (Å²) in [5.41, 5.74) is 0. The first-order chi connectivity index (χ1) is 8.36. The third-order valence-corrected chi connectivity index (χ3v) is 3.26. The molecule has 1 aliphatic carbocycles. The number of aliphatic hydroxyl groups excluding tert-OH is 1. The maximum Gasteiger partial charge on any atom is 0.191 e. The van der Waals surface area contributed by atoms with Gasteiger partial charge in [-0.3, -0.25) is 4.99 Å². The summed E-state index contributed by atoms with van der Waals surface area (Å²) in [6.45, 7) is 4.51. The van der Waals surface area contributed by atoms with E-state index in [0.29, 0.717) is 6.54 Å². The molecule has 3 N–H and O–H groups in total. The second-order valence-corrected chi connectivity index (χ2v) is 4.70. The summed E-state index contributed by atoms with van der Waals surface area (Å²) >= 11 is 0. The average molecular weight is 369 g/mol. The minimum Gasteiger partial charge on any atom is -0.395 e. The van der Waals surface area contributed by atoms with Crippen LogP contribution in [0.25, 0.3) is 0 Å². The molecule has 4 nitrogen and oxygen atoms in total. The fourth-order valence-corrected chi connectivity index (χ4v) is 2.39. The second kappa shape index (κ2) is 12.0. The summed E-state index contributed by atoms with van der Waals surface area (Å²) in [4.78, 5) is 4.50. The van der Waals surface area contributed by atoms with E-state index in [1.807, 2.05) is 0 Å². The molecule has 0 atom stereocenters. The van der Waals surface area contributed by atoms with E-state index in [9.17, 15) is 0 Å². The Balaban J connectivity index is 0.00000289. The molecule has 0 heterocycles. The number of rotatable bonds is 7. The van der Waals surface area contributed by atoms with Crippen LogP contribution >= 0.6 is 24.0 Å². The molecule has 1 aliphatic rings. The first-order valence-corrected chi connectivity index (χ1v) is 7.00. The molecule has 0 amide bonds. The summed E-state index contributed by atoms with van der Waals surface area (Å²) in [7, 11) is 0. The van der Waals surface area contributed by atoms with E-state index in [-0.39, 0.29) is 30.6 Å². The van der Waals surface area contributed by atoms with Crippen LogP contribution in [0.2, 0.25) is 0 Å². The van der Waals surface area contributed by atoms with Gasteiger partial charge < -0.3 is 15.7 Å². The Morgan fingerprint density at radius 3 is 2.61 bits per heavy atom. The van der Waals surface area contributed by atoms with Gasteiger partial charge in [0.15, 0.2) is 5.96 Å². The lowest BCUT2D eigenvalue weighted by Gasteiger charge is -2.10. The molecular weight excluding hydrogens is 341 g/mol. The molecule has 0 radical (unpaired) electrons. The molecule has 108 valence electrons. The van der Waals surface area contributed by atoms with E-state index in [4.69, 9.17) is 5.11 Å². The highest BCUT2D eigenvalue weighted by molar-refractivity contribution is 14.0. The molecule has 1 fully saturated rings. The molecule has 0 aromatic rings. The molecule has 0 aromatic heterocycles. The smallest absolute Gasteiger partial charge is 0.191 e. The van der Waals surface area contributed by atoms with Crippen LogP contribution in [0.15, 0.2) is 4.99 Å². The standard InChI is InChI=1S/C13H27N3O.HI/c1-2-14-13(16-10-11-17)15-9-5-8-12-6-3-4-7-12;/h12,17H,2-11H2,1H3,(H2,14,15,16);1H. The van der Waals surface area contributed by atoms with Crippen molar-refractivity contribution < 1.29 is 5.11 Å². The number of guanidine groups is 1. The van der Waals surface area contributed by atoms with Gasteiger partial charge in [0.05, 0.1) is 6.61 Å². The van der Waals surface area contributed by atoms with Gasteiger partial charge in [-0.2, -0.15) is 0 Å². The summed E-state index contributed by atoms with van der Waals surface area (Å²) in [6.07, 6.45) is 8.20. The number of hydrogen-bond donors (Lipinski definition) is 3. The third kappa shape index (κ3) is 8.13. The zero-order valence-electron chi connectivity index (χ0n) is 11.5. The molecule has 1 saturated carbocycles. The van der Waals surface area contributed by atoms with E-state index < -0.39 is 0 Å². The Morgan fingerprint density at radius 2 is 2.00 bits per heavy atom. The normalized spacial score (nSPS) is 16.4. The van der Waals surface area contributed by atoms with E-state index in [1.54, 1.807) is 0 Å². The van der Waals surface area contributed by atoms with Crippen LogP contribution < -0.4 is 10.6 Å². The number of nitrogens with zero attached hydrogens (tertiary/aromatic N) is 1. The summed E-state index contributed by atoms with van der Waals surface area (Å²) in [5.74, 6) is 1.78. The van der Waals surface area contributed by atoms with Gasteiger partial charge in [0.2, 0.25) is 0 Å². The molecular formula is C13H28IN3O. The molecule has 0 unspecified atom stereocenters. The van der Waals surface area contributed by atoms with Crippen LogP contribution in [-0.4, -0.2) is 37.3 Å². The van der Waals surface area contributed by atoms with Crippen molar-refractivity contribution in [1.82, 2.24) is 10.6 Å². The van der Waals surface area contributed by atoms with E-state index >= 15 is 0 Å². The second-order valence-electron chi connectivity index (χ2n) is 4.70. The predicted octanol–water partition coefficient (Wildman–Crippen LogP) is 2.12. The van der Waals surface area contributed by atoms with Gasteiger partial charge in [0, 0.05) is 19.6 Å². The Hall–Kier alpha value is -0.0400. The van der Waals surface area contributed by atoms with Crippen LogP contribution in [-0.2, 0) is 0 Å². The van der Waals surface area contributed by atoms with Gasteiger partial charge in [-0.15, -0.1) is 24.0 Å². The van der Waals surface area contributed by atoms with Gasteiger partial charge in [-0.1, -0.05) is 25.7 Å². The fourth-order valence-electron chi connectivity index (χ4n) is 2.39. The highest BCUT2D eigenvalue weighted by Crippen LogP contribution is 2.28. The Morgan fingerprint density at radius 1 is 1.28 bits per heavy atom. The number of halogens is 1. The molecule has 0 bridgehead atoms. The van der Waals surface area contributed by atoms with Crippen molar-refractivity contribution in [1.29, 1.82) is 0 Å². The number of nitrogens with one attached hydrogen (secondary N) is 2. The fraction of sp³-hybridized carbons (Fsp3) is 0.923. The van der Waals surface area contributed by atoms with Crippen LogP contribution in [0, 0.1) is 5.92 Å². The van der Waals surface area contributed by atoms with E-state index in [0.717, 1.165) is 25.0 Å². The molecule has 5 heteroatoms. The monoisotopic (exact) mass is 369 g/mol. The van der Waals surface area contributed by atoms with Crippen molar-refractivity contribution in [3.05, 3.63) is 0 Å². The van der Waals surface area contributed by atoms with Crippen LogP contribution in [0.4, 0.5) is 0 Å². The number of aliphatic hydroxyl groups is 1. The van der Waals surface area contributed by atoms with Crippen LogP contribution in [0.3, 0.4) is 0 Å². The topological polar surface area (TPSA) is 56.7 Å². The lowest BCUT2D eigenvalue weighted by Crippen LogP contribution is -2.38. The molecule has 0 spiro atoms. The van der Waals surface area contributed by atoms with Crippen molar-refractivity contribution in [3.63, 3.8) is 0 Å². The van der Waals surface area contributed by atoms with Crippen molar-refractivity contribution in [3.8, 4) is 0 Å². The zero-order chi connectivity index (χ0) is 12.3. The number of hydrogen-bond acceptors (Lipinski definition) is 2. The largest absolute Gasteiger partial charge is 0.395 e. The Bertz CT molecular complexity index is 218. The van der Waals surface area contributed by atoms with Gasteiger partial charge in [0.1, 0.15) is 0 Å². The Labute approximate surface area is 128 Å². The van der Waals surface area contributed by atoms with Crippen LogP contribution in [0.1, 0.15) is 45.4 Å². The van der Waals surface area contributed by atoms with E-state index in [2.05, 4.69) is 22.5 Å². The van der Waals surface area contributed by atoms with Crippen molar-refractivity contribution in [2.75, 3.05) is 26.2 Å². The van der Waals surface area contributed by atoms with Gasteiger partial charge in [-0.25, -0.2) is 0 Å². The first kappa shape index (κ1) is 18.0. The molecule has 1 rings (SSSR count). The highest BCUT2D eigenvalue weighted by atomic mass is 127. The summed E-state index contributed by atoms with van der Waals surface area (Å²) in [5, 5.41) is 15.0. The van der Waals surface area contributed by atoms with Gasteiger partial charge in [-0.05, 0) is 25.7 Å². The summed E-state index contributed by atoms with van der Waals surface area (Å²) in [6, 6.07) is 0. The van der Waals surface area contributed by atoms with Gasteiger partial charge >= 0.3 is 0 Å². The van der Waals surface area contributed by atoms with Crippen molar-refractivity contribution >= 4 is 29.9 Å². The zero-order valence-corrected chi connectivity index (χ0v) is 13.8. The molecule has 0 aromatic carbocycles. The van der Waals surface area contributed by atoms with Crippen LogP contribution in [0.5, 0.6) is 0 Å². The lowest BCUT2D eigenvalue weighted by molar-refractivity contribution is 0.300. The van der Waals surface area contributed by atoms with E-state index in [1.165, 1.54) is 38.5 Å². The van der Waals surface area contributed by atoms with Crippen molar-refractivity contribution in [2.24, 2.45) is 10.9 Å². The maximum atomic E-state index is 8.75. The van der Waals surface area contributed by atoms with Crippen molar-refractivity contribution in [2.45, 2.75) is 45.4 Å². The predicted molar refractivity (Wildman–Crippen MR) is 87.7 cm³/mol. The lowest BCUT2D eigenvalue weighted by atomic mass is 10.0. The first-order valence-electron chi connectivity index (χ1n) is 7.00. The molecule has 0 aliphatic heterocycles. The quantitative estimate of drug-likeness (QED) is 0.279. The Kier molecular flexibility index (Phi) is 12.0. The summed E-state index contributed by atoms with van der Waals surface area (Å²) < 4.78 is 0. The minimum absolute atomic E-state index is 0.